The second kappa shape index (κ2) is 5.21. The van der Waals surface area contributed by atoms with Crippen LogP contribution >= 0.6 is 0 Å². The number of aldehydes is 1. The lowest BCUT2D eigenvalue weighted by molar-refractivity contribution is 0.103. The topological polar surface area (TPSA) is 57.0 Å². The van der Waals surface area contributed by atoms with E-state index in [-0.39, 0.29) is 12.1 Å². The fraction of sp³-hybridized carbons (Fsp3) is 0.727. The van der Waals surface area contributed by atoms with Gasteiger partial charge in [0, 0.05) is 7.11 Å². The summed E-state index contributed by atoms with van der Waals surface area (Å²) in [7, 11) is 1.61. The van der Waals surface area contributed by atoms with Crippen LogP contribution in [-0.4, -0.2) is 28.4 Å². The van der Waals surface area contributed by atoms with Gasteiger partial charge >= 0.3 is 0 Å². The molecule has 0 saturated heterocycles. The van der Waals surface area contributed by atoms with Crippen LogP contribution in [0.15, 0.2) is 0 Å². The summed E-state index contributed by atoms with van der Waals surface area (Å²) in [6.07, 6.45) is 0.540. The van der Waals surface area contributed by atoms with Crippen molar-refractivity contribution in [3.63, 3.8) is 0 Å². The van der Waals surface area contributed by atoms with Crippen LogP contribution in [0, 0.1) is 5.92 Å². The summed E-state index contributed by atoms with van der Waals surface area (Å²) in [4.78, 5) is 10.9. The van der Waals surface area contributed by atoms with Crippen molar-refractivity contribution in [1.82, 2.24) is 15.0 Å². The molecular formula is C11H19N3O2. The molecule has 0 fully saturated rings. The zero-order valence-electron chi connectivity index (χ0n) is 10.5. The van der Waals surface area contributed by atoms with Crippen molar-refractivity contribution in [2.45, 2.75) is 39.8 Å². The van der Waals surface area contributed by atoms with Gasteiger partial charge in [-0.1, -0.05) is 19.1 Å². The summed E-state index contributed by atoms with van der Waals surface area (Å²) in [5.41, 5.74) is 1.11. The minimum atomic E-state index is -0.184. The maximum atomic E-state index is 10.9. The van der Waals surface area contributed by atoms with E-state index in [1.807, 2.05) is 6.92 Å². The number of carbonyl (C=O) groups excluding carboxylic acids is 1. The molecule has 16 heavy (non-hydrogen) atoms. The normalized spacial score (nSPS) is 15.1. The number of methoxy groups -OCH3 is 1. The largest absolute Gasteiger partial charge is 0.375 e. The summed E-state index contributed by atoms with van der Waals surface area (Å²) in [5.74, 6) is 0.420. The first-order valence-electron chi connectivity index (χ1n) is 5.46. The fourth-order valence-electron chi connectivity index (χ4n) is 1.49. The van der Waals surface area contributed by atoms with Crippen molar-refractivity contribution in [1.29, 1.82) is 0 Å². The molecule has 5 heteroatoms. The first-order chi connectivity index (χ1) is 7.52. The van der Waals surface area contributed by atoms with Gasteiger partial charge in [-0.15, -0.1) is 5.10 Å². The molecule has 0 bridgehead atoms. The Hall–Kier alpha value is -1.23. The monoisotopic (exact) mass is 225 g/mol. The van der Waals surface area contributed by atoms with Crippen molar-refractivity contribution in [3.8, 4) is 0 Å². The minimum absolute atomic E-state index is 0.184. The predicted molar refractivity (Wildman–Crippen MR) is 60.4 cm³/mol. The highest BCUT2D eigenvalue weighted by Crippen LogP contribution is 2.24. The second-order valence-corrected chi connectivity index (χ2v) is 4.28. The third kappa shape index (κ3) is 2.29. The average Bonchev–Trinajstić information content (AvgIpc) is 2.70. The molecule has 0 aliphatic carbocycles. The molecule has 1 rings (SSSR count). The summed E-state index contributed by atoms with van der Waals surface area (Å²) in [6, 6.07) is 0.189. The zero-order valence-corrected chi connectivity index (χ0v) is 10.5. The van der Waals surface area contributed by atoms with Gasteiger partial charge in [-0.3, -0.25) is 4.79 Å². The van der Waals surface area contributed by atoms with E-state index in [2.05, 4.69) is 31.1 Å². The molecule has 0 saturated carbocycles. The molecule has 90 valence electrons. The minimum Gasteiger partial charge on any atom is -0.375 e. The Morgan fingerprint density at radius 3 is 2.38 bits per heavy atom. The van der Waals surface area contributed by atoms with E-state index < -0.39 is 0 Å². The Balaban J connectivity index is 3.19. The highest BCUT2D eigenvalue weighted by Gasteiger charge is 2.23. The Labute approximate surface area is 95.8 Å². The first kappa shape index (κ1) is 12.8. The van der Waals surface area contributed by atoms with E-state index in [9.17, 15) is 4.79 Å². The van der Waals surface area contributed by atoms with Crippen LogP contribution in [0.1, 0.15) is 56.0 Å². The van der Waals surface area contributed by atoms with Gasteiger partial charge in [0.1, 0.15) is 0 Å². The van der Waals surface area contributed by atoms with Gasteiger partial charge in [-0.05, 0) is 19.8 Å². The lowest BCUT2D eigenvalue weighted by atomic mass is 10.1. The van der Waals surface area contributed by atoms with Crippen molar-refractivity contribution in [2.24, 2.45) is 5.92 Å². The number of nitrogens with zero attached hydrogens (tertiary/aromatic N) is 3. The van der Waals surface area contributed by atoms with E-state index in [0.29, 0.717) is 11.6 Å². The third-order valence-corrected chi connectivity index (χ3v) is 2.96. The lowest BCUT2D eigenvalue weighted by Gasteiger charge is -2.20. The van der Waals surface area contributed by atoms with Crippen LogP contribution in [-0.2, 0) is 4.74 Å². The standard InChI is InChI=1S/C11H19N3O2/c1-7(2)8(3)14-11(9(4)16-5)10(6-15)12-13-14/h6-9H,1-5H3. The maximum absolute atomic E-state index is 10.9. The van der Waals surface area contributed by atoms with Crippen LogP contribution in [0.4, 0.5) is 0 Å². The summed E-state index contributed by atoms with van der Waals surface area (Å²) >= 11 is 0. The van der Waals surface area contributed by atoms with Crippen LogP contribution in [0.25, 0.3) is 0 Å². The molecule has 0 N–H and O–H groups in total. The number of ether oxygens (including phenoxy) is 1. The molecule has 0 aliphatic rings. The van der Waals surface area contributed by atoms with Crippen molar-refractivity contribution >= 4 is 6.29 Å². The lowest BCUT2D eigenvalue weighted by Crippen LogP contribution is -2.18. The molecule has 0 amide bonds. The summed E-state index contributed by atoms with van der Waals surface area (Å²) < 4.78 is 7.03. The highest BCUT2D eigenvalue weighted by molar-refractivity contribution is 5.73. The fourth-order valence-corrected chi connectivity index (χ4v) is 1.49. The maximum Gasteiger partial charge on any atom is 0.172 e. The molecule has 2 unspecified atom stereocenters. The van der Waals surface area contributed by atoms with Crippen LogP contribution in [0.3, 0.4) is 0 Å². The molecule has 0 aromatic carbocycles. The van der Waals surface area contributed by atoms with Gasteiger partial charge in [0.15, 0.2) is 12.0 Å². The van der Waals surface area contributed by atoms with Gasteiger partial charge in [0.2, 0.25) is 0 Å². The molecule has 1 heterocycles. The summed E-state index contributed by atoms with van der Waals surface area (Å²) in [6.45, 7) is 8.15. The number of hydrogen-bond acceptors (Lipinski definition) is 4. The van der Waals surface area contributed by atoms with E-state index in [4.69, 9.17) is 4.74 Å². The molecule has 1 aromatic heterocycles. The molecule has 5 nitrogen and oxygen atoms in total. The number of aromatic nitrogens is 3. The van der Waals surface area contributed by atoms with E-state index in [1.165, 1.54) is 0 Å². The molecule has 0 aliphatic heterocycles. The number of carbonyl (C=O) groups is 1. The predicted octanol–water partition coefficient (Wildman–Crippen LogP) is 2.02. The Kier molecular flexibility index (Phi) is 4.18. The Morgan fingerprint density at radius 1 is 1.31 bits per heavy atom. The molecule has 0 spiro atoms. The summed E-state index contributed by atoms with van der Waals surface area (Å²) in [5, 5.41) is 7.90. The zero-order chi connectivity index (χ0) is 12.3. The van der Waals surface area contributed by atoms with Crippen molar-refractivity contribution in [2.75, 3.05) is 7.11 Å². The van der Waals surface area contributed by atoms with Gasteiger partial charge in [-0.25, -0.2) is 4.68 Å². The van der Waals surface area contributed by atoms with Gasteiger partial charge in [0.25, 0.3) is 0 Å². The van der Waals surface area contributed by atoms with E-state index in [1.54, 1.807) is 11.8 Å². The van der Waals surface area contributed by atoms with Crippen LogP contribution in [0.2, 0.25) is 0 Å². The number of hydrogen-bond donors (Lipinski definition) is 0. The van der Waals surface area contributed by atoms with E-state index >= 15 is 0 Å². The van der Waals surface area contributed by atoms with Crippen molar-refractivity contribution < 1.29 is 9.53 Å². The van der Waals surface area contributed by atoms with Crippen LogP contribution < -0.4 is 0 Å². The third-order valence-electron chi connectivity index (χ3n) is 2.96. The first-order valence-corrected chi connectivity index (χ1v) is 5.46. The Bertz CT molecular complexity index is 360. The SMILES string of the molecule is COC(C)c1c(C=O)nnn1C(C)C(C)C. The van der Waals surface area contributed by atoms with Gasteiger partial charge in [-0.2, -0.15) is 0 Å². The highest BCUT2D eigenvalue weighted by atomic mass is 16.5. The van der Waals surface area contributed by atoms with Crippen molar-refractivity contribution in [3.05, 3.63) is 11.4 Å². The number of rotatable bonds is 5. The Morgan fingerprint density at radius 2 is 1.94 bits per heavy atom. The molecule has 1 aromatic rings. The average molecular weight is 225 g/mol. The van der Waals surface area contributed by atoms with Gasteiger partial charge < -0.3 is 4.74 Å². The molecular weight excluding hydrogens is 206 g/mol. The van der Waals surface area contributed by atoms with Gasteiger partial charge in [0.05, 0.1) is 17.8 Å². The molecule has 2 atom stereocenters. The van der Waals surface area contributed by atoms with E-state index in [0.717, 1.165) is 12.0 Å². The quantitative estimate of drug-likeness (QED) is 0.719. The smallest absolute Gasteiger partial charge is 0.172 e. The second-order valence-electron chi connectivity index (χ2n) is 4.28. The molecule has 0 radical (unpaired) electrons. The van der Waals surface area contributed by atoms with Crippen LogP contribution in [0.5, 0.6) is 0 Å².